The fraction of sp³-hybridized carbons (Fsp3) is 1.00. The maximum atomic E-state index is 5.70. The molecular formula is C10H24O3Si. The second-order valence-electron chi connectivity index (χ2n) is 3.36. The average molecular weight is 220 g/mol. The summed E-state index contributed by atoms with van der Waals surface area (Å²) in [4.78, 5) is 0. The lowest BCUT2D eigenvalue weighted by molar-refractivity contribution is -0.201. The third kappa shape index (κ3) is 7.50. The highest BCUT2D eigenvalue weighted by atomic mass is 28.2. The normalized spacial score (nSPS) is 16.3. The van der Waals surface area contributed by atoms with Gasteiger partial charge in [-0.05, 0) is 19.4 Å². The van der Waals surface area contributed by atoms with E-state index in [2.05, 4.69) is 13.8 Å². The first-order valence-corrected chi connectivity index (χ1v) is 7.12. The summed E-state index contributed by atoms with van der Waals surface area (Å²) in [5, 5.41) is 0. The number of methoxy groups -OCH3 is 1. The lowest BCUT2D eigenvalue weighted by Gasteiger charge is -2.20. The molecule has 3 nitrogen and oxygen atoms in total. The largest absolute Gasteiger partial charge is 0.400 e. The molecule has 0 saturated heterocycles. The van der Waals surface area contributed by atoms with Gasteiger partial charge in [-0.25, -0.2) is 0 Å². The Kier molecular flexibility index (Phi) is 9.71. The van der Waals surface area contributed by atoms with Crippen LogP contribution < -0.4 is 0 Å². The summed E-state index contributed by atoms with van der Waals surface area (Å²) in [6, 6.07) is 1.25. The van der Waals surface area contributed by atoms with Gasteiger partial charge < -0.3 is 13.9 Å². The quantitative estimate of drug-likeness (QED) is 0.338. The third-order valence-electron chi connectivity index (χ3n) is 2.06. The summed E-state index contributed by atoms with van der Waals surface area (Å²) in [7, 11) is 1.26. The van der Waals surface area contributed by atoms with Crippen LogP contribution in [0, 0.1) is 0 Å². The van der Waals surface area contributed by atoms with E-state index in [1.165, 1.54) is 18.9 Å². The van der Waals surface area contributed by atoms with Gasteiger partial charge in [0, 0.05) is 7.11 Å². The van der Waals surface area contributed by atoms with Crippen LogP contribution in [0.25, 0.3) is 0 Å². The number of hydrogen-bond acceptors (Lipinski definition) is 3. The molecule has 0 aliphatic rings. The fourth-order valence-electron chi connectivity index (χ4n) is 1.09. The minimum atomic E-state index is -0.389. The molecule has 0 bridgehead atoms. The molecule has 86 valence electrons. The van der Waals surface area contributed by atoms with Gasteiger partial charge in [-0.3, -0.25) is 0 Å². The molecule has 0 fully saturated rings. The molecule has 0 aliphatic heterocycles. The lowest BCUT2D eigenvalue weighted by Crippen LogP contribution is -2.24. The van der Waals surface area contributed by atoms with Crippen molar-refractivity contribution < 1.29 is 13.9 Å². The Morgan fingerprint density at radius 1 is 1.29 bits per heavy atom. The molecule has 0 amide bonds. The Morgan fingerprint density at radius 3 is 2.50 bits per heavy atom. The van der Waals surface area contributed by atoms with Crippen molar-refractivity contribution in [3.8, 4) is 0 Å². The molecule has 4 heteroatoms. The van der Waals surface area contributed by atoms with Gasteiger partial charge in [0.1, 0.15) is 6.29 Å². The highest BCUT2D eigenvalue weighted by molar-refractivity contribution is 6.27. The summed E-state index contributed by atoms with van der Waals surface area (Å²) in [6.07, 6.45) is 3.20. The van der Waals surface area contributed by atoms with Crippen LogP contribution in [0.2, 0.25) is 6.04 Å². The van der Waals surface area contributed by atoms with Gasteiger partial charge >= 0.3 is 0 Å². The summed E-state index contributed by atoms with van der Waals surface area (Å²) in [6.45, 7) is 6.16. The first-order valence-electron chi connectivity index (χ1n) is 5.54. The topological polar surface area (TPSA) is 27.7 Å². The van der Waals surface area contributed by atoms with E-state index >= 15 is 0 Å². The molecule has 0 aromatic carbocycles. The van der Waals surface area contributed by atoms with E-state index in [1.54, 1.807) is 7.11 Å². The molecule has 0 aliphatic carbocycles. The van der Waals surface area contributed by atoms with E-state index in [4.69, 9.17) is 13.9 Å². The van der Waals surface area contributed by atoms with Crippen LogP contribution in [0.3, 0.4) is 0 Å². The zero-order chi connectivity index (χ0) is 10.8. The maximum Gasteiger partial charge on any atom is 0.165 e. The van der Waals surface area contributed by atoms with E-state index in [9.17, 15) is 0 Å². The summed E-state index contributed by atoms with van der Waals surface area (Å²) in [5.41, 5.74) is 0. The van der Waals surface area contributed by atoms with Crippen LogP contribution in [0.4, 0.5) is 0 Å². The number of unbranched alkanes of at least 4 members (excludes halogenated alkanes) is 1. The highest BCUT2D eigenvalue weighted by Crippen LogP contribution is 2.06. The third-order valence-corrected chi connectivity index (χ3v) is 3.46. The summed E-state index contributed by atoms with van der Waals surface area (Å²) >= 11 is 0. The first kappa shape index (κ1) is 14.1. The zero-order valence-corrected chi connectivity index (χ0v) is 11.3. The second kappa shape index (κ2) is 9.64. The smallest absolute Gasteiger partial charge is 0.165 e. The number of ether oxygens (including phenoxy) is 2. The lowest BCUT2D eigenvalue weighted by atomic mass is 10.4. The van der Waals surface area contributed by atoms with Crippen molar-refractivity contribution in [3.05, 3.63) is 0 Å². The minimum absolute atomic E-state index is 0.0616. The molecule has 0 aromatic heterocycles. The Labute approximate surface area is 90.1 Å². The first-order chi connectivity index (χ1) is 6.74. The molecule has 0 spiro atoms. The van der Waals surface area contributed by atoms with Gasteiger partial charge in [0.25, 0.3) is 0 Å². The van der Waals surface area contributed by atoms with Crippen LogP contribution >= 0.6 is 0 Å². The predicted molar refractivity (Wildman–Crippen MR) is 61.0 cm³/mol. The Hall–Kier alpha value is 0.0969. The van der Waals surface area contributed by atoms with Gasteiger partial charge in [-0.15, -0.1) is 0 Å². The van der Waals surface area contributed by atoms with Gasteiger partial charge in [0.05, 0.1) is 0 Å². The Balaban J connectivity index is 3.47. The molecule has 2 atom stereocenters. The molecule has 0 radical (unpaired) electrons. The molecule has 0 N–H and O–H groups in total. The van der Waals surface area contributed by atoms with Crippen molar-refractivity contribution in [2.75, 3.05) is 7.11 Å². The monoisotopic (exact) mass is 220 g/mol. The summed E-state index contributed by atoms with van der Waals surface area (Å²) < 4.78 is 16.2. The Morgan fingerprint density at radius 2 is 2.00 bits per heavy atom. The molecule has 0 rings (SSSR count). The molecule has 0 heterocycles. The number of hydrogen-bond donors (Lipinski definition) is 0. The van der Waals surface area contributed by atoms with Gasteiger partial charge in [0.2, 0.25) is 0 Å². The summed E-state index contributed by atoms with van der Waals surface area (Å²) in [5.74, 6) is 0. The fourth-order valence-corrected chi connectivity index (χ4v) is 2.54. The van der Waals surface area contributed by atoms with Crippen molar-refractivity contribution in [1.29, 1.82) is 0 Å². The predicted octanol–water partition coefficient (Wildman–Crippen LogP) is 2.05. The number of rotatable bonds is 9. The maximum absolute atomic E-state index is 5.70. The van der Waals surface area contributed by atoms with Crippen molar-refractivity contribution in [2.24, 2.45) is 0 Å². The van der Waals surface area contributed by atoms with E-state index in [0.29, 0.717) is 0 Å². The molecule has 0 aromatic rings. The van der Waals surface area contributed by atoms with Gasteiger partial charge in [0.15, 0.2) is 16.1 Å². The van der Waals surface area contributed by atoms with Gasteiger partial charge in [-0.2, -0.15) is 0 Å². The zero-order valence-electron chi connectivity index (χ0n) is 9.91. The molecule has 0 saturated carbocycles. The standard InChI is InChI=1S/C10H24O3Si/c1-5-7-8-14-13-10(6-2)12-9(3)11-4/h9-10H,5-8,14H2,1-4H3. The van der Waals surface area contributed by atoms with E-state index in [-0.39, 0.29) is 22.3 Å². The minimum Gasteiger partial charge on any atom is -0.400 e. The van der Waals surface area contributed by atoms with Gasteiger partial charge in [-0.1, -0.05) is 26.7 Å². The SMILES string of the molecule is CCCC[SiH2]OC(CC)OC(C)OC. The van der Waals surface area contributed by atoms with Crippen molar-refractivity contribution in [1.82, 2.24) is 0 Å². The van der Waals surface area contributed by atoms with E-state index < -0.39 is 0 Å². The van der Waals surface area contributed by atoms with Crippen LogP contribution in [0.5, 0.6) is 0 Å². The molecule has 14 heavy (non-hydrogen) atoms. The highest BCUT2D eigenvalue weighted by Gasteiger charge is 2.10. The molecular weight excluding hydrogens is 196 g/mol. The van der Waals surface area contributed by atoms with Crippen LogP contribution in [0.1, 0.15) is 40.0 Å². The van der Waals surface area contributed by atoms with Crippen LogP contribution in [-0.2, 0) is 13.9 Å². The van der Waals surface area contributed by atoms with Crippen molar-refractivity contribution >= 4 is 9.76 Å². The second-order valence-corrected chi connectivity index (χ2v) is 4.80. The van der Waals surface area contributed by atoms with Crippen LogP contribution in [-0.4, -0.2) is 29.5 Å². The van der Waals surface area contributed by atoms with Crippen LogP contribution in [0.15, 0.2) is 0 Å². The molecule has 2 unspecified atom stereocenters. The van der Waals surface area contributed by atoms with E-state index in [1.807, 2.05) is 6.92 Å². The Bertz CT molecular complexity index is 122. The average Bonchev–Trinajstić information content (AvgIpc) is 2.22. The van der Waals surface area contributed by atoms with E-state index in [0.717, 1.165) is 6.42 Å². The van der Waals surface area contributed by atoms with Crippen molar-refractivity contribution in [2.45, 2.75) is 58.7 Å². The van der Waals surface area contributed by atoms with Crippen molar-refractivity contribution in [3.63, 3.8) is 0 Å².